The van der Waals surface area contributed by atoms with E-state index in [-0.39, 0.29) is 0 Å². The fourth-order valence-electron chi connectivity index (χ4n) is 2.86. The Bertz CT molecular complexity index is 149. The summed E-state index contributed by atoms with van der Waals surface area (Å²) in [7, 11) is 2.28. The van der Waals surface area contributed by atoms with Gasteiger partial charge in [-0.25, -0.2) is 0 Å². The second kappa shape index (κ2) is 1.76. The van der Waals surface area contributed by atoms with Gasteiger partial charge < -0.3 is 4.90 Å². The van der Waals surface area contributed by atoms with Gasteiger partial charge in [-0.05, 0) is 38.3 Å². The van der Waals surface area contributed by atoms with Crippen LogP contribution in [0.2, 0.25) is 0 Å². The van der Waals surface area contributed by atoms with Crippen LogP contribution in [0.25, 0.3) is 0 Å². The fraction of sp³-hybridized carbons (Fsp3) is 1.00. The zero-order valence-corrected chi connectivity index (χ0v) is 7.22. The number of hydrogen-bond acceptors (Lipinski definition) is 1. The Morgan fingerprint density at radius 1 is 1.50 bits per heavy atom. The van der Waals surface area contributed by atoms with E-state index in [0.717, 1.165) is 11.8 Å². The average molecular weight is 139 g/mol. The van der Waals surface area contributed by atoms with Crippen LogP contribution >= 0.6 is 0 Å². The highest BCUT2D eigenvalue weighted by molar-refractivity contribution is 5.16. The molecule has 1 saturated carbocycles. The summed E-state index contributed by atoms with van der Waals surface area (Å²) in [6.45, 7) is 6.06. The van der Waals surface area contributed by atoms with Gasteiger partial charge in [0.25, 0.3) is 0 Å². The van der Waals surface area contributed by atoms with Crippen molar-refractivity contribution in [3.8, 4) is 0 Å². The molecule has 2 rings (SSSR count). The summed E-state index contributed by atoms with van der Waals surface area (Å²) in [6.07, 6.45) is 2.93. The van der Waals surface area contributed by atoms with Crippen LogP contribution in [0.5, 0.6) is 0 Å². The first kappa shape index (κ1) is 6.66. The van der Waals surface area contributed by atoms with Gasteiger partial charge in [-0.3, -0.25) is 0 Å². The van der Waals surface area contributed by atoms with Crippen LogP contribution in [0.4, 0.5) is 0 Å². The number of rotatable bonds is 1. The Kier molecular flexibility index (Phi) is 1.17. The summed E-state index contributed by atoms with van der Waals surface area (Å²) in [5.41, 5.74) is 0.653. The molecule has 1 saturated heterocycles. The molecule has 0 amide bonds. The summed E-state index contributed by atoms with van der Waals surface area (Å²) in [6, 6.07) is 0. The lowest BCUT2D eigenvalue weighted by Gasteiger charge is -2.27. The summed E-state index contributed by atoms with van der Waals surface area (Å²) in [5.74, 6) is 1.92. The maximum Gasteiger partial charge on any atom is 0.0262 e. The SMILES string of the molecule is CC(C)C12C[C@@H]1CCN2C. The van der Waals surface area contributed by atoms with Crippen LogP contribution in [-0.4, -0.2) is 24.0 Å². The van der Waals surface area contributed by atoms with Crippen LogP contribution in [0.1, 0.15) is 26.7 Å². The molecule has 1 unspecified atom stereocenters. The molecule has 10 heavy (non-hydrogen) atoms. The molecule has 1 heteroatoms. The third-order valence-corrected chi connectivity index (χ3v) is 3.64. The molecular formula is C9H17N. The fourth-order valence-corrected chi connectivity index (χ4v) is 2.86. The minimum atomic E-state index is 0.653. The molecule has 1 heterocycles. The first-order valence-electron chi connectivity index (χ1n) is 4.39. The third-order valence-electron chi connectivity index (χ3n) is 3.64. The van der Waals surface area contributed by atoms with Crippen LogP contribution in [0.15, 0.2) is 0 Å². The molecule has 0 spiro atoms. The van der Waals surface area contributed by atoms with E-state index in [4.69, 9.17) is 0 Å². The lowest BCUT2D eigenvalue weighted by atomic mass is 10.00. The first-order valence-corrected chi connectivity index (χ1v) is 4.39. The van der Waals surface area contributed by atoms with Crippen molar-refractivity contribution in [1.82, 2.24) is 4.90 Å². The van der Waals surface area contributed by atoms with Crippen LogP contribution in [-0.2, 0) is 0 Å². The molecule has 0 aromatic carbocycles. The van der Waals surface area contributed by atoms with E-state index < -0.39 is 0 Å². The van der Waals surface area contributed by atoms with Gasteiger partial charge in [-0.1, -0.05) is 13.8 Å². The first-order chi connectivity index (χ1) is 4.68. The van der Waals surface area contributed by atoms with Crippen molar-refractivity contribution in [3.63, 3.8) is 0 Å². The van der Waals surface area contributed by atoms with E-state index in [1.54, 1.807) is 0 Å². The second-order valence-electron chi connectivity index (χ2n) is 4.26. The van der Waals surface area contributed by atoms with Crippen LogP contribution in [0.3, 0.4) is 0 Å². The highest BCUT2D eigenvalue weighted by Gasteiger charge is 2.61. The Hall–Kier alpha value is -0.0400. The number of hydrogen-bond donors (Lipinski definition) is 0. The maximum absolute atomic E-state index is 2.57. The monoisotopic (exact) mass is 139 g/mol. The third kappa shape index (κ3) is 0.572. The Labute approximate surface area is 63.4 Å². The highest BCUT2D eigenvalue weighted by Crippen LogP contribution is 2.58. The highest BCUT2D eigenvalue weighted by atomic mass is 15.3. The maximum atomic E-state index is 2.57. The van der Waals surface area contributed by atoms with E-state index in [2.05, 4.69) is 25.8 Å². The number of fused-ring (bicyclic) bond motifs is 1. The van der Waals surface area contributed by atoms with Gasteiger partial charge >= 0.3 is 0 Å². The minimum Gasteiger partial charge on any atom is -0.300 e. The molecule has 2 aliphatic rings. The van der Waals surface area contributed by atoms with Gasteiger partial charge in [0, 0.05) is 5.54 Å². The van der Waals surface area contributed by atoms with Gasteiger partial charge in [0.1, 0.15) is 0 Å². The summed E-state index contributed by atoms with van der Waals surface area (Å²) >= 11 is 0. The van der Waals surface area contributed by atoms with Crippen molar-refractivity contribution in [2.75, 3.05) is 13.6 Å². The van der Waals surface area contributed by atoms with E-state index in [1.165, 1.54) is 19.4 Å². The molecule has 0 N–H and O–H groups in total. The molecule has 2 fully saturated rings. The largest absolute Gasteiger partial charge is 0.300 e. The number of piperidine rings is 1. The molecule has 58 valence electrons. The van der Waals surface area contributed by atoms with Crippen molar-refractivity contribution in [2.24, 2.45) is 11.8 Å². The predicted octanol–water partition coefficient (Wildman–Crippen LogP) is 1.74. The summed E-state index contributed by atoms with van der Waals surface area (Å²) in [4.78, 5) is 2.57. The molecule has 0 bridgehead atoms. The van der Waals surface area contributed by atoms with E-state index in [0.29, 0.717) is 5.54 Å². The quantitative estimate of drug-likeness (QED) is 0.535. The lowest BCUT2D eigenvalue weighted by molar-refractivity contribution is 0.201. The molecular weight excluding hydrogens is 122 g/mol. The van der Waals surface area contributed by atoms with Crippen molar-refractivity contribution >= 4 is 0 Å². The van der Waals surface area contributed by atoms with Crippen molar-refractivity contribution in [3.05, 3.63) is 0 Å². The van der Waals surface area contributed by atoms with Gasteiger partial charge in [0.2, 0.25) is 0 Å². The average Bonchev–Trinajstić information content (AvgIpc) is 2.52. The summed E-state index contributed by atoms with van der Waals surface area (Å²) in [5, 5.41) is 0. The molecule has 0 radical (unpaired) electrons. The number of likely N-dealkylation sites (tertiary alicyclic amines) is 1. The normalized spacial score (nSPS) is 46.2. The van der Waals surface area contributed by atoms with Crippen molar-refractivity contribution < 1.29 is 0 Å². The zero-order chi connectivity index (χ0) is 7.35. The zero-order valence-electron chi connectivity index (χ0n) is 7.22. The topological polar surface area (TPSA) is 3.24 Å². The Morgan fingerprint density at radius 3 is 2.40 bits per heavy atom. The van der Waals surface area contributed by atoms with Gasteiger partial charge in [-0.2, -0.15) is 0 Å². The van der Waals surface area contributed by atoms with Crippen LogP contribution < -0.4 is 0 Å². The Morgan fingerprint density at radius 2 is 2.20 bits per heavy atom. The summed E-state index contributed by atoms with van der Waals surface area (Å²) < 4.78 is 0. The molecule has 0 aromatic heterocycles. The van der Waals surface area contributed by atoms with E-state index >= 15 is 0 Å². The van der Waals surface area contributed by atoms with Gasteiger partial charge in [0.05, 0.1) is 0 Å². The van der Waals surface area contributed by atoms with Gasteiger partial charge in [-0.15, -0.1) is 0 Å². The molecule has 1 aliphatic carbocycles. The van der Waals surface area contributed by atoms with Crippen molar-refractivity contribution in [2.45, 2.75) is 32.2 Å². The van der Waals surface area contributed by atoms with Crippen LogP contribution in [0, 0.1) is 11.8 Å². The number of nitrogens with zero attached hydrogens (tertiary/aromatic N) is 1. The smallest absolute Gasteiger partial charge is 0.0262 e. The predicted molar refractivity (Wildman–Crippen MR) is 42.9 cm³/mol. The molecule has 0 aromatic rings. The Balaban J connectivity index is 2.17. The van der Waals surface area contributed by atoms with E-state index in [1.807, 2.05) is 0 Å². The molecule has 1 aliphatic heterocycles. The lowest BCUT2D eigenvalue weighted by Crippen LogP contribution is -2.35. The minimum absolute atomic E-state index is 0.653. The standard InChI is InChI=1S/C9H17N/c1-7(2)9-6-8(9)4-5-10(9)3/h7-8H,4-6H2,1-3H3/t8-,9?/m0/s1. The van der Waals surface area contributed by atoms with Crippen molar-refractivity contribution in [1.29, 1.82) is 0 Å². The van der Waals surface area contributed by atoms with Gasteiger partial charge in [0.15, 0.2) is 0 Å². The second-order valence-corrected chi connectivity index (χ2v) is 4.26. The van der Waals surface area contributed by atoms with E-state index in [9.17, 15) is 0 Å². The molecule has 1 nitrogen and oxygen atoms in total. The molecule has 2 atom stereocenters.